The Labute approximate surface area is 177 Å². The number of morpholine rings is 1. The summed E-state index contributed by atoms with van der Waals surface area (Å²) < 4.78 is 44.5. The van der Waals surface area contributed by atoms with Gasteiger partial charge >= 0.3 is 6.18 Å². The van der Waals surface area contributed by atoms with Gasteiger partial charge < -0.3 is 9.64 Å². The van der Waals surface area contributed by atoms with Gasteiger partial charge in [0, 0.05) is 25.1 Å². The summed E-state index contributed by atoms with van der Waals surface area (Å²) in [5, 5.41) is 0. The average molecular weight is 427 g/mol. The molecular weight excluding hydrogens is 407 g/mol. The van der Waals surface area contributed by atoms with Gasteiger partial charge in [0.15, 0.2) is 0 Å². The molecule has 5 nitrogen and oxygen atoms in total. The Morgan fingerprint density at radius 3 is 2.68 bits per heavy atom. The zero-order chi connectivity index (χ0) is 21.8. The predicted molar refractivity (Wildman–Crippen MR) is 107 cm³/mol. The van der Waals surface area contributed by atoms with Crippen LogP contribution < -0.4 is 0 Å². The largest absolute Gasteiger partial charge is 0.416 e. The topological polar surface area (TPSA) is 55.3 Å². The van der Waals surface area contributed by atoms with Crippen molar-refractivity contribution in [2.75, 3.05) is 19.7 Å². The van der Waals surface area contributed by atoms with Crippen LogP contribution >= 0.6 is 0 Å². The maximum Gasteiger partial charge on any atom is 0.416 e. The van der Waals surface area contributed by atoms with Gasteiger partial charge in [0.1, 0.15) is 6.10 Å². The molecular formula is C23H20F3N3O2. The zero-order valence-electron chi connectivity index (χ0n) is 16.5. The Morgan fingerprint density at radius 1 is 1.10 bits per heavy atom. The number of halogens is 3. The van der Waals surface area contributed by atoms with E-state index >= 15 is 0 Å². The number of carbonyl (C=O) groups is 1. The fourth-order valence-electron chi connectivity index (χ4n) is 3.51. The second-order valence-corrected chi connectivity index (χ2v) is 7.32. The van der Waals surface area contributed by atoms with Gasteiger partial charge in [-0.15, -0.1) is 0 Å². The van der Waals surface area contributed by atoms with Gasteiger partial charge in [0.25, 0.3) is 5.91 Å². The van der Waals surface area contributed by atoms with Crippen molar-refractivity contribution in [2.45, 2.75) is 18.7 Å². The molecule has 2 aromatic heterocycles. The van der Waals surface area contributed by atoms with Crippen LogP contribution in [0.2, 0.25) is 0 Å². The molecule has 1 aromatic carbocycles. The molecule has 1 amide bonds. The van der Waals surface area contributed by atoms with Crippen molar-refractivity contribution in [1.82, 2.24) is 14.9 Å². The van der Waals surface area contributed by atoms with Crippen LogP contribution in [0.15, 0.2) is 67.1 Å². The molecule has 31 heavy (non-hydrogen) atoms. The highest BCUT2D eigenvalue weighted by Gasteiger charge is 2.30. The summed E-state index contributed by atoms with van der Waals surface area (Å²) in [6, 6.07) is 12.3. The number of carbonyl (C=O) groups excluding carboxylic acids is 1. The van der Waals surface area contributed by atoms with Gasteiger partial charge in [0.2, 0.25) is 0 Å². The molecule has 3 heterocycles. The Morgan fingerprint density at radius 2 is 1.97 bits per heavy atom. The highest BCUT2D eigenvalue weighted by atomic mass is 19.4. The van der Waals surface area contributed by atoms with E-state index in [1.54, 1.807) is 41.6 Å². The second-order valence-electron chi connectivity index (χ2n) is 7.32. The van der Waals surface area contributed by atoms with E-state index in [4.69, 9.17) is 4.74 Å². The minimum Gasteiger partial charge on any atom is -0.368 e. The highest BCUT2D eigenvalue weighted by molar-refractivity contribution is 5.93. The van der Waals surface area contributed by atoms with Gasteiger partial charge in [-0.05, 0) is 41.8 Å². The molecule has 1 aliphatic heterocycles. The Hall–Kier alpha value is -3.26. The van der Waals surface area contributed by atoms with Crippen molar-refractivity contribution in [3.05, 3.63) is 95.1 Å². The molecule has 8 heteroatoms. The standard InChI is InChI=1S/C23H20F3N3O2/c24-23(25,26)19-5-1-3-16(12-19)11-17-6-7-20(28-13-17)21-15-29(9-10-31-21)22(30)18-4-2-8-27-14-18/h1-8,12-14,21H,9-11,15H2/t21-/m1/s1. The third-order valence-electron chi connectivity index (χ3n) is 5.10. The molecule has 0 saturated carbocycles. The number of pyridine rings is 2. The first kappa shape index (κ1) is 21.0. The van der Waals surface area contributed by atoms with E-state index in [0.29, 0.717) is 42.9 Å². The number of hydrogen-bond acceptors (Lipinski definition) is 4. The quantitative estimate of drug-likeness (QED) is 0.623. The number of benzene rings is 1. The highest BCUT2D eigenvalue weighted by Crippen LogP contribution is 2.30. The van der Waals surface area contributed by atoms with Crippen LogP contribution in [0.1, 0.15) is 38.8 Å². The predicted octanol–water partition coefficient (Wildman–Crippen LogP) is 4.30. The first-order chi connectivity index (χ1) is 14.9. The molecule has 1 aliphatic rings. The van der Waals surface area contributed by atoms with E-state index in [0.717, 1.165) is 17.7 Å². The summed E-state index contributed by atoms with van der Waals surface area (Å²) in [5.74, 6) is -0.109. The van der Waals surface area contributed by atoms with Gasteiger partial charge in [-0.25, -0.2) is 0 Å². The molecule has 0 bridgehead atoms. The fourth-order valence-corrected chi connectivity index (χ4v) is 3.51. The van der Waals surface area contributed by atoms with Crippen molar-refractivity contribution < 1.29 is 22.7 Å². The van der Waals surface area contributed by atoms with Crippen LogP contribution in [0.5, 0.6) is 0 Å². The van der Waals surface area contributed by atoms with Gasteiger partial charge in [-0.1, -0.05) is 24.3 Å². The molecule has 1 fully saturated rings. The molecule has 0 radical (unpaired) electrons. The van der Waals surface area contributed by atoms with Crippen LogP contribution in [0.25, 0.3) is 0 Å². The smallest absolute Gasteiger partial charge is 0.368 e. The van der Waals surface area contributed by atoms with Crippen LogP contribution in [0.3, 0.4) is 0 Å². The lowest BCUT2D eigenvalue weighted by molar-refractivity contribution is -0.137. The van der Waals surface area contributed by atoms with Crippen LogP contribution in [-0.4, -0.2) is 40.5 Å². The van der Waals surface area contributed by atoms with Crippen LogP contribution in [-0.2, 0) is 17.3 Å². The molecule has 1 saturated heterocycles. The number of aromatic nitrogens is 2. The number of ether oxygens (including phenoxy) is 1. The third-order valence-corrected chi connectivity index (χ3v) is 5.10. The maximum absolute atomic E-state index is 12.9. The SMILES string of the molecule is O=C(c1cccnc1)N1CCO[C@@H](c2ccc(Cc3cccc(C(F)(F)F)c3)cn2)C1. The van der Waals surface area contributed by atoms with Gasteiger partial charge in [-0.2, -0.15) is 13.2 Å². The number of hydrogen-bond donors (Lipinski definition) is 0. The molecule has 0 spiro atoms. The molecule has 0 N–H and O–H groups in total. The van der Waals surface area contributed by atoms with Crippen LogP contribution in [0.4, 0.5) is 13.2 Å². The minimum absolute atomic E-state index is 0.109. The molecule has 0 unspecified atom stereocenters. The lowest BCUT2D eigenvalue weighted by Gasteiger charge is -2.32. The van der Waals surface area contributed by atoms with E-state index in [9.17, 15) is 18.0 Å². The number of amides is 1. The molecule has 0 aliphatic carbocycles. The first-order valence-electron chi connectivity index (χ1n) is 9.82. The third kappa shape index (κ3) is 5.08. The average Bonchev–Trinajstić information content (AvgIpc) is 2.79. The normalized spacial score (nSPS) is 16.9. The summed E-state index contributed by atoms with van der Waals surface area (Å²) in [5.41, 5.74) is 1.89. The van der Waals surface area contributed by atoms with Gasteiger partial charge in [-0.3, -0.25) is 14.8 Å². The van der Waals surface area contributed by atoms with Crippen molar-refractivity contribution in [2.24, 2.45) is 0 Å². The van der Waals surface area contributed by atoms with Crippen LogP contribution in [0, 0.1) is 0 Å². The summed E-state index contributed by atoms with van der Waals surface area (Å²) in [4.78, 5) is 22.8. The Bertz CT molecular complexity index is 1040. The van der Waals surface area contributed by atoms with E-state index < -0.39 is 11.7 Å². The van der Waals surface area contributed by atoms with Crippen molar-refractivity contribution in [3.63, 3.8) is 0 Å². The summed E-state index contributed by atoms with van der Waals surface area (Å²) in [7, 11) is 0. The van der Waals surface area contributed by atoms with Crippen molar-refractivity contribution in [1.29, 1.82) is 0 Å². The summed E-state index contributed by atoms with van der Waals surface area (Å²) in [6.07, 6.45) is 0.402. The number of alkyl halides is 3. The van der Waals surface area contributed by atoms with Crippen molar-refractivity contribution >= 4 is 5.91 Å². The molecule has 1 atom stereocenters. The summed E-state index contributed by atoms with van der Waals surface area (Å²) >= 11 is 0. The second kappa shape index (κ2) is 8.85. The zero-order valence-corrected chi connectivity index (χ0v) is 16.5. The van der Waals surface area contributed by atoms with E-state index in [1.807, 2.05) is 6.07 Å². The lowest BCUT2D eigenvalue weighted by Crippen LogP contribution is -2.42. The molecule has 3 aromatic rings. The number of nitrogens with zero attached hydrogens (tertiary/aromatic N) is 3. The monoisotopic (exact) mass is 427 g/mol. The Kier molecular flexibility index (Phi) is 5.99. The van der Waals surface area contributed by atoms with Crippen molar-refractivity contribution in [3.8, 4) is 0 Å². The maximum atomic E-state index is 12.9. The molecule has 4 rings (SSSR count). The lowest BCUT2D eigenvalue weighted by atomic mass is 10.0. The van der Waals surface area contributed by atoms with E-state index in [2.05, 4.69) is 9.97 Å². The Balaban J connectivity index is 1.43. The molecule has 160 valence electrons. The number of rotatable bonds is 4. The van der Waals surface area contributed by atoms with Gasteiger partial charge in [0.05, 0.1) is 30.0 Å². The summed E-state index contributed by atoms with van der Waals surface area (Å²) in [6.45, 7) is 1.25. The van der Waals surface area contributed by atoms with E-state index in [1.165, 1.54) is 12.3 Å². The minimum atomic E-state index is -4.37. The van der Waals surface area contributed by atoms with E-state index in [-0.39, 0.29) is 12.0 Å². The first-order valence-corrected chi connectivity index (χ1v) is 9.82. The fraction of sp³-hybridized carbons (Fsp3) is 0.261.